The predicted octanol–water partition coefficient (Wildman–Crippen LogP) is 1.09. The summed E-state index contributed by atoms with van der Waals surface area (Å²) in [4.78, 5) is 11.7. The van der Waals surface area contributed by atoms with Gasteiger partial charge in [0.25, 0.3) is 0 Å². The Morgan fingerprint density at radius 2 is 2.25 bits per heavy atom. The first-order chi connectivity index (χ1) is 9.83. The summed E-state index contributed by atoms with van der Waals surface area (Å²) in [5.74, 6) is 2.05. The van der Waals surface area contributed by atoms with Gasteiger partial charge in [-0.25, -0.2) is 0 Å². The van der Waals surface area contributed by atoms with E-state index in [0.717, 1.165) is 18.6 Å². The number of benzene rings is 1. The lowest BCUT2D eigenvalue weighted by atomic mass is 10.2. The van der Waals surface area contributed by atoms with Crippen LogP contribution < -0.4 is 19.5 Å². The molecule has 6 heteroatoms. The number of carbonyl (C=O) groups excluding carboxylic acids is 1. The van der Waals surface area contributed by atoms with Crippen molar-refractivity contribution in [2.24, 2.45) is 0 Å². The van der Waals surface area contributed by atoms with E-state index in [1.54, 1.807) is 6.07 Å². The maximum absolute atomic E-state index is 11.7. The molecule has 3 rings (SSSR count). The monoisotopic (exact) mass is 279 g/mol. The van der Waals surface area contributed by atoms with Crippen molar-refractivity contribution in [3.63, 3.8) is 0 Å². The van der Waals surface area contributed by atoms with Crippen LogP contribution in [0.25, 0.3) is 0 Å². The van der Waals surface area contributed by atoms with Crippen molar-refractivity contribution < 1.29 is 23.7 Å². The highest BCUT2D eigenvalue weighted by Gasteiger charge is 2.22. The number of amides is 1. The third-order valence-electron chi connectivity index (χ3n) is 3.24. The van der Waals surface area contributed by atoms with Crippen LogP contribution in [0.3, 0.4) is 0 Å². The minimum atomic E-state index is -0.291. The molecule has 2 aliphatic heterocycles. The number of fused-ring (bicyclic) bond motifs is 1. The van der Waals surface area contributed by atoms with Gasteiger partial charge < -0.3 is 24.3 Å². The minimum absolute atomic E-state index is 0.0585. The maximum atomic E-state index is 11.7. The van der Waals surface area contributed by atoms with Crippen LogP contribution in [0.5, 0.6) is 17.2 Å². The zero-order chi connectivity index (χ0) is 13.8. The second-order valence-electron chi connectivity index (χ2n) is 4.66. The van der Waals surface area contributed by atoms with E-state index >= 15 is 0 Å². The van der Waals surface area contributed by atoms with Crippen molar-refractivity contribution in [2.75, 3.05) is 26.6 Å². The second kappa shape index (κ2) is 6.00. The molecule has 0 aromatic heterocycles. The van der Waals surface area contributed by atoms with E-state index in [0.29, 0.717) is 31.3 Å². The lowest BCUT2D eigenvalue weighted by molar-refractivity contribution is -0.130. The molecule has 0 saturated carbocycles. The number of rotatable bonds is 5. The molecule has 6 nitrogen and oxygen atoms in total. The van der Waals surface area contributed by atoms with Gasteiger partial charge >= 0.3 is 0 Å². The molecule has 2 heterocycles. The Balaban J connectivity index is 1.40. The zero-order valence-corrected chi connectivity index (χ0v) is 11.1. The molecular formula is C14H17NO5. The lowest BCUT2D eigenvalue weighted by Gasteiger charge is -2.11. The smallest absolute Gasteiger partial charge is 0.249 e. The Morgan fingerprint density at radius 3 is 3.10 bits per heavy atom. The van der Waals surface area contributed by atoms with Crippen molar-refractivity contribution in [3.8, 4) is 17.2 Å². The van der Waals surface area contributed by atoms with Gasteiger partial charge in [0.15, 0.2) is 11.5 Å². The van der Waals surface area contributed by atoms with Gasteiger partial charge in [0.05, 0.1) is 6.54 Å². The first-order valence-corrected chi connectivity index (χ1v) is 6.75. The summed E-state index contributed by atoms with van der Waals surface area (Å²) in [6.45, 7) is 1.77. The van der Waals surface area contributed by atoms with Gasteiger partial charge in [-0.05, 0) is 25.0 Å². The van der Waals surface area contributed by atoms with Crippen LogP contribution in [0.2, 0.25) is 0 Å². The number of hydrogen-bond acceptors (Lipinski definition) is 5. The van der Waals surface area contributed by atoms with Crippen LogP contribution in [-0.4, -0.2) is 38.6 Å². The molecule has 1 atom stereocenters. The molecule has 0 aliphatic carbocycles. The van der Waals surface area contributed by atoms with Crippen molar-refractivity contribution >= 4 is 5.91 Å². The van der Waals surface area contributed by atoms with Gasteiger partial charge in [0, 0.05) is 12.7 Å². The molecule has 0 spiro atoms. The number of carbonyl (C=O) groups is 1. The van der Waals surface area contributed by atoms with Crippen LogP contribution in [0, 0.1) is 0 Å². The molecule has 1 N–H and O–H groups in total. The first kappa shape index (κ1) is 13.1. The van der Waals surface area contributed by atoms with E-state index in [1.807, 2.05) is 12.1 Å². The Morgan fingerprint density at radius 1 is 1.35 bits per heavy atom. The Kier molecular flexibility index (Phi) is 3.92. The third-order valence-corrected chi connectivity index (χ3v) is 3.24. The average Bonchev–Trinajstić information content (AvgIpc) is 3.13. The molecule has 1 aromatic carbocycles. The standard InChI is InChI=1S/C14H17NO5/c16-14(12-2-1-6-18-12)15-5-7-17-10-3-4-11-13(8-10)20-9-19-11/h3-4,8,12H,1-2,5-7,9H2,(H,15,16)/t12-/m1/s1. The summed E-state index contributed by atoms with van der Waals surface area (Å²) in [7, 11) is 0. The fourth-order valence-corrected chi connectivity index (χ4v) is 2.21. The second-order valence-corrected chi connectivity index (χ2v) is 4.66. The average molecular weight is 279 g/mol. The van der Waals surface area contributed by atoms with E-state index in [1.165, 1.54) is 0 Å². The topological polar surface area (TPSA) is 66.0 Å². The Hall–Kier alpha value is -1.95. The molecule has 1 saturated heterocycles. The highest BCUT2D eigenvalue weighted by molar-refractivity contribution is 5.80. The molecule has 0 unspecified atom stereocenters. The molecule has 0 radical (unpaired) electrons. The molecule has 0 bridgehead atoms. The summed E-state index contributed by atoms with van der Waals surface area (Å²) >= 11 is 0. The van der Waals surface area contributed by atoms with Crippen molar-refractivity contribution in [1.82, 2.24) is 5.32 Å². The lowest BCUT2D eigenvalue weighted by Crippen LogP contribution is -2.36. The Labute approximate surface area is 117 Å². The Bertz CT molecular complexity index is 484. The van der Waals surface area contributed by atoms with Gasteiger partial charge in [0.1, 0.15) is 18.5 Å². The van der Waals surface area contributed by atoms with Crippen molar-refractivity contribution in [2.45, 2.75) is 18.9 Å². The largest absolute Gasteiger partial charge is 0.492 e. The quantitative estimate of drug-likeness (QED) is 0.817. The summed E-state index contributed by atoms with van der Waals surface area (Å²) < 4.78 is 21.3. The molecule has 20 heavy (non-hydrogen) atoms. The predicted molar refractivity (Wildman–Crippen MR) is 70.0 cm³/mol. The van der Waals surface area contributed by atoms with Gasteiger partial charge in [-0.15, -0.1) is 0 Å². The van der Waals surface area contributed by atoms with Gasteiger partial charge in [-0.1, -0.05) is 0 Å². The minimum Gasteiger partial charge on any atom is -0.492 e. The van der Waals surface area contributed by atoms with Crippen LogP contribution in [-0.2, 0) is 9.53 Å². The summed E-state index contributed by atoms with van der Waals surface area (Å²) in [5, 5.41) is 2.80. The fourth-order valence-electron chi connectivity index (χ4n) is 2.21. The molecular weight excluding hydrogens is 262 g/mol. The number of nitrogens with one attached hydrogen (secondary N) is 1. The number of hydrogen-bond donors (Lipinski definition) is 1. The summed E-state index contributed by atoms with van der Waals surface area (Å²) in [6, 6.07) is 5.41. The molecule has 1 aromatic rings. The van der Waals surface area contributed by atoms with E-state index in [2.05, 4.69) is 5.32 Å². The SMILES string of the molecule is O=C(NCCOc1ccc2c(c1)OCO2)[C@H]1CCCO1. The van der Waals surface area contributed by atoms with Crippen LogP contribution in [0.1, 0.15) is 12.8 Å². The van der Waals surface area contributed by atoms with E-state index in [9.17, 15) is 4.79 Å². The molecule has 108 valence electrons. The highest BCUT2D eigenvalue weighted by atomic mass is 16.7. The van der Waals surface area contributed by atoms with Crippen LogP contribution in [0.15, 0.2) is 18.2 Å². The molecule has 1 fully saturated rings. The van der Waals surface area contributed by atoms with Gasteiger partial charge in [-0.3, -0.25) is 4.79 Å². The zero-order valence-electron chi connectivity index (χ0n) is 11.1. The summed E-state index contributed by atoms with van der Waals surface area (Å²) in [6.07, 6.45) is 1.46. The molecule has 1 amide bonds. The van der Waals surface area contributed by atoms with Gasteiger partial charge in [-0.2, -0.15) is 0 Å². The number of ether oxygens (including phenoxy) is 4. The van der Waals surface area contributed by atoms with Crippen molar-refractivity contribution in [3.05, 3.63) is 18.2 Å². The third kappa shape index (κ3) is 2.96. The van der Waals surface area contributed by atoms with E-state index in [4.69, 9.17) is 18.9 Å². The van der Waals surface area contributed by atoms with Crippen LogP contribution in [0.4, 0.5) is 0 Å². The van der Waals surface area contributed by atoms with Gasteiger partial charge in [0.2, 0.25) is 12.7 Å². The maximum Gasteiger partial charge on any atom is 0.249 e. The van der Waals surface area contributed by atoms with Crippen molar-refractivity contribution in [1.29, 1.82) is 0 Å². The van der Waals surface area contributed by atoms with E-state index in [-0.39, 0.29) is 18.8 Å². The van der Waals surface area contributed by atoms with Crippen LogP contribution >= 0.6 is 0 Å². The normalized spacial score (nSPS) is 19.9. The fraction of sp³-hybridized carbons (Fsp3) is 0.500. The first-order valence-electron chi connectivity index (χ1n) is 6.75. The highest BCUT2D eigenvalue weighted by Crippen LogP contribution is 2.34. The van der Waals surface area contributed by atoms with E-state index < -0.39 is 0 Å². The summed E-state index contributed by atoms with van der Waals surface area (Å²) in [5.41, 5.74) is 0. The molecule has 2 aliphatic rings.